The van der Waals surface area contributed by atoms with Gasteiger partial charge in [0.15, 0.2) is 0 Å². The van der Waals surface area contributed by atoms with Crippen molar-refractivity contribution in [3.8, 4) is 0 Å². The zero-order valence-corrected chi connectivity index (χ0v) is 30.2. The highest BCUT2D eigenvalue weighted by Gasteiger charge is 2.30. The van der Waals surface area contributed by atoms with Gasteiger partial charge in [0.1, 0.15) is 5.60 Å². The number of carbonyl (C=O) groups excluding carboxylic acids is 3. The smallest absolute Gasteiger partial charge is 0.410 e. The van der Waals surface area contributed by atoms with Gasteiger partial charge in [0.25, 0.3) is 0 Å². The van der Waals surface area contributed by atoms with Crippen molar-refractivity contribution in [3.05, 3.63) is 48.8 Å². The predicted molar refractivity (Wildman–Crippen MR) is 184 cm³/mol. The molecule has 0 radical (unpaired) electrons. The molecule has 2 aliphatic heterocycles. The number of hydrogen-bond acceptors (Lipinski definition) is 9. The second-order valence-corrected chi connectivity index (χ2v) is 14.6. The first-order valence-electron chi connectivity index (χ1n) is 16.0. The van der Waals surface area contributed by atoms with Crippen molar-refractivity contribution in [2.24, 2.45) is 11.8 Å². The first-order valence-corrected chi connectivity index (χ1v) is 17.8. The molecule has 8 nitrogen and oxygen atoms in total. The van der Waals surface area contributed by atoms with Gasteiger partial charge >= 0.3 is 18.0 Å². The Morgan fingerprint density at radius 2 is 1.51 bits per heavy atom. The minimum Gasteiger partial charge on any atom is -0.465 e. The quantitative estimate of drug-likeness (QED) is 0.236. The number of nitrogens with one attached hydrogen (secondary N) is 1. The highest BCUT2D eigenvalue weighted by atomic mass is 32.1. The number of thiophene rings is 2. The van der Waals surface area contributed by atoms with Crippen molar-refractivity contribution in [2.75, 3.05) is 40.4 Å². The molecule has 0 saturated carbocycles. The molecule has 4 rings (SSSR count). The van der Waals surface area contributed by atoms with Gasteiger partial charge in [-0.15, -0.1) is 22.7 Å². The lowest BCUT2D eigenvalue weighted by molar-refractivity contribution is 0.0199. The largest absolute Gasteiger partial charge is 0.465 e. The number of likely N-dealkylation sites (tertiary alicyclic amines) is 1. The summed E-state index contributed by atoms with van der Waals surface area (Å²) < 4.78 is 15.2. The summed E-state index contributed by atoms with van der Waals surface area (Å²) in [6.45, 7) is 17.6. The molecule has 1 N–H and O–H groups in total. The number of amides is 1. The lowest BCUT2D eigenvalue weighted by Crippen LogP contribution is -2.41. The average molecular weight is 661 g/mol. The van der Waals surface area contributed by atoms with E-state index in [2.05, 4.69) is 25.2 Å². The minimum absolute atomic E-state index is 0.208. The van der Waals surface area contributed by atoms with Crippen LogP contribution in [-0.4, -0.2) is 68.9 Å². The van der Waals surface area contributed by atoms with Crippen LogP contribution in [0.4, 0.5) is 4.79 Å². The highest BCUT2D eigenvalue weighted by Crippen LogP contribution is 2.40. The second-order valence-electron chi connectivity index (χ2n) is 12.8. The van der Waals surface area contributed by atoms with E-state index in [4.69, 9.17) is 14.2 Å². The summed E-state index contributed by atoms with van der Waals surface area (Å²) in [5, 5.41) is 7.25. The molecule has 2 aliphatic rings. The van der Waals surface area contributed by atoms with E-state index in [0.29, 0.717) is 30.5 Å². The van der Waals surface area contributed by atoms with Crippen LogP contribution >= 0.6 is 22.7 Å². The molecule has 0 aliphatic carbocycles. The van der Waals surface area contributed by atoms with Gasteiger partial charge in [-0.05, 0) is 121 Å². The number of rotatable bonds is 7. The molecule has 0 aromatic carbocycles. The number of ether oxygens (including phenoxy) is 3. The Morgan fingerprint density at radius 1 is 0.956 bits per heavy atom. The van der Waals surface area contributed by atoms with Crippen molar-refractivity contribution in [1.29, 1.82) is 0 Å². The monoisotopic (exact) mass is 660 g/mol. The van der Waals surface area contributed by atoms with E-state index in [0.717, 1.165) is 59.8 Å². The Bertz CT molecular complexity index is 1320. The van der Waals surface area contributed by atoms with Gasteiger partial charge in [-0.25, -0.2) is 14.4 Å². The lowest BCUT2D eigenvalue weighted by Gasteiger charge is -2.34. The SMILES string of the molecule is C/C=C(\c1scc(C(=O)OC)c1C)C1CCN(C(=O)OC(C)(C)C)CC1.CCC(c1scc(C(=O)OC)c1C)C1CCNCC1. The van der Waals surface area contributed by atoms with E-state index in [1.54, 1.807) is 27.6 Å². The Labute approximate surface area is 277 Å². The lowest BCUT2D eigenvalue weighted by atomic mass is 9.81. The molecule has 10 heteroatoms. The van der Waals surface area contributed by atoms with Crippen LogP contribution in [-0.2, 0) is 14.2 Å². The Kier molecular flexibility index (Phi) is 13.7. The van der Waals surface area contributed by atoms with Crippen molar-refractivity contribution < 1.29 is 28.6 Å². The fraction of sp³-hybridized carbons (Fsp3) is 0.629. The molecular weight excluding hydrogens is 609 g/mol. The number of allylic oxidation sites excluding steroid dienone is 2. The number of hydrogen-bond donors (Lipinski definition) is 1. The summed E-state index contributed by atoms with van der Waals surface area (Å²) >= 11 is 3.31. The zero-order chi connectivity index (χ0) is 33.3. The first-order chi connectivity index (χ1) is 21.4. The van der Waals surface area contributed by atoms with Gasteiger partial charge in [0, 0.05) is 33.6 Å². The molecule has 2 fully saturated rings. The minimum atomic E-state index is -0.471. The van der Waals surface area contributed by atoms with Crippen LogP contribution < -0.4 is 5.32 Å². The van der Waals surface area contributed by atoms with Crippen LogP contribution in [0.3, 0.4) is 0 Å². The summed E-state index contributed by atoms with van der Waals surface area (Å²) in [4.78, 5) is 40.1. The second kappa shape index (κ2) is 16.7. The van der Waals surface area contributed by atoms with Gasteiger partial charge in [0.05, 0.1) is 25.3 Å². The fourth-order valence-corrected chi connectivity index (χ4v) is 8.91. The molecule has 250 valence electrons. The zero-order valence-electron chi connectivity index (χ0n) is 28.5. The van der Waals surface area contributed by atoms with E-state index >= 15 is 0 Å². The van der Waals surface area contributed by atoms with Crippen LogP contribution in [0.1, 0.15) is 114 Å². The summed E-state index contributed by atoms with van der Waals surface area (Å²) in [6.07, 6.45) is 7.30. The Balaban J connectivity index is 0.000000257. The molecule has 0 spiro atoms. The van der Waals surface area contributed by atoms with Gasteiger partial charge in [-0.1, -0.05) is 13.0 Å². The fourth-order valence-electron chi connectivity index (χ4n) is 6.35. The topological polar surface area (TPSA) is 94.2 Å². The van der Waals surface area contributed by atoms with E-state index in [-0.39, 0.29) is 18.0 Å². The third kappa shape index (κ3) is 9.42. The van der Waals surface area contributed by atoms with Gasteiger partial charge in [-0.3, -0.25) is 0 Å². The maximum Gasteiger partial charge on any atom is 0.410 e. The van der Waals surface area contributed by atoms with Crippen LogP contribution in [0.25, 0.3) is 5.57 Å². The number of carbonyl (C=O) groups is 3. The molecule has 1 atom stereocenters. The van der Waals surface area contributed by atoms with E-state index in [1.807, 2.05) is 45.4 Å². The van der Waals surface area contributed by atoms with E-state index < -0.39 is 5.60 Å². The molecule has 1 unspecified atom stereocenters. The van der Waals surface area contributed by atoms with Crippen LogP contribution in [0, 0.1) is 25.7 Å². The van der Waals surface area contributed by atoms with Crippen molar-refractivity contribution in [3.63, 3.8) is 0 Å². The van der Waals surface area contributed by atoms with Crippen LogP contribution in [0.5, 0.6) is 0 Å². The summed E-state index contributed by atoms with van der Waals surface area (Å²) in [7, 11) is 2.85. The van der Waals surface area contributed by atoms with Crippen molar-refractivity contribution >= 4 is 46.3 Å². The third-order valence-electron chi connectivity index (χ3n) is 8.82. The summed E-state index contributed by atoms with van der Waals surface area (Å²) in [5.74, 6) is 1.21. The predicted octanol–water partition coefficient (Wildman–Crippen LogP) is 8.23. The van der Waals surface area contributed by atoms with E-state index in [9.17, 15) is 14.4 Å². The summed E-state index contributed by atoms with van der Waals surface area (Å²) in [5.41, 5.74) is 4.27. The van der Waals surface area contributed by atoms with Crippen molar-refractivity contribution in [1.82, 2.24) is 10.2 Å². The molecule has 0 bridgehead atoms. The molecular formula is C35H52N2O6S2. The maximum absolute atomic E-state index is 12.2. The molecule has 1 amide bonds. The van der Waals surface area contributed by atoms with Gasteiger partial charge in [0.2, 0.25) is 0 Å². The molecule has 2 aromatic heterocycles. The number of nitrogens with zero attached hydrogens (tertiary/aromatic N) is 1. The molecule has 45 heavy (non-hydrogen) atoms. The highest BCUT2D eigenvalue weighted by molar-refractivity contribution is 7.11. The van der Waals surface area contributed by atoms with Crippen LogP contribution in [0.15, 0.2) is 16.8 Å². The number of methoxy groups -OCH3 is 2. The third-order valence-corrected chi connectivity index (χ3v) is 11.2. The Morgan fingerprint density at radius 3 is 2.02 bits per heavy atom. The molecule has 2 aromatic rings. The van der Waals surface area contributed by atoms with Gasteiger partial charge < -0.3 is 24.4 Å². The first kappa shape index (κ1) is 36.8. The normalized spacial score (nSPS) is 17.3. The maximum atomic E-state index is 12.2. The van der Waals surface area contributed by atoms with Gasteiger partial charge in [-0.2, -0.15) is 0 Å². The average Bonchev–Trinajstić information content (AvgIpc) is 3.60. The van der Waals surface area contributed by atoms with Crippen LogP contribution in [0.2, 0.25) is 0 Å². The molecule has 2 saturated heterocycles. The van der Waals surface area contributed by atoms with Crippen molar-refractivity contribution in [2.45, 2.75) is 92.1 Å². The van der Waals surface area contributed by atoms with E-state index in [1.165, 1.54) is 37.5 Å². The number of esters is 2. The number of piperidine rings is 2. The molecule has 4 heterocycles. The Hall–Kier alpha value is -2.69. The standard InChI is InChI=1S/C20H29NO4S.C15H23NO2S/c1-7-15(17-13(2)16(12-26-17)18(22)24-6)14-8-10-21(11-9-14)19(23)25-20(3,4)5;1-4-12(11-5-7-16-8-6-11)14-10(2)13(9-19-14)15(17)18-3/h7,12,14H,8-11H2,1-6H3;9,11-12,16H,4-8H2,1-3H3/b15-7-;. The summed E-state index contributed by atoms with van der Waals surface area (Å²) in [6, 6.07) is 0.